The van der Waals surface area contributed by atoms with Gasteiger partial charge in [-0.3, -0.25) is 4.90 Å². The van der Waals surface area contributed by atoms with Gasteiger partial charge in [0.05, 0.1) is 6.67 Å². The largest absolute Gasteiger partial charge is 0.352 e. The number of isocyanates is 1. The molecule has 0 radical (unpaired) electrons. The molecular weight excluding hydrogens is 438 g/mol. The Kier molecular flexibility index (Phi) is 14.1. The number of nitrogens with two attached hydrogens (primary N) is 1. The number of carbonyl (C=O) groups excluding carboxylic acids is 2. The van der Waals surface area contributed by atoms with Gasteiger partial charge in [0, 0.05) is 20.1 Å². The minimum atomic E-state index is -0.443. The number of aliphatic imine (C=N–C) groups is 1. The summed E-state index contributed by atoms with van der Waals surface area (Å²) >= 11 is 0. The maximum atomic E-state index is 10.6. The number of nitrogens with zero attached hydrogens (tertiary/aromatic N) is 2. The van der Waals surface area contributed by atoms with Crippen molar-refractivity contribution in [3.8, 4) is 0 Å². The molecule has 35 heavy (non-hydrogen) atoms. The number of benzene rings is 2. The van der Waals surface area contributed by atoms with Crippen molar-refractivity contribution in [3.05, 3.63) is 71.8 Å². The lowest BCUT2D eigenvalue weighted by molar-refractivity contribution is 0.172. The molecule has 0 bridgehead atoms. The van der Waals surface area contributed by atoms with E-state index in [0.717, 1.165) is 31.3 Å². The summed E-state index contributed by atoms with van der Waals surface area (Å²) in [5, 5.41) is 6.05. The summed E-state index contributed by atoms with van der Waals surface area (Å²) in [7, 11) is 1.38. The van der Waals surface area contributed by atoms with Crippen molar-refractivity contribution in [2.24, 2.45) is 22.6 Å². The summed E-state index contributed by atoms with van der Waals surface area (Å²) in [6.45, 7) is 5.07. The second-order valence-corrected chi connectivity index (χ2v) is 9.15. The number of urea groups is 1. The third kappa shape index (κ3) is 12.9. The number of nitrogens with one attached hydrogen (secondary N) is 2. The summed E-state index contributed by atoms with van der Waals surface area (Å²) in [6, 6.07) is 21.0. The van der Waals surface area contributed by atoms with Crippen LogP contribution in [0.4, 0.5) is 4.79 Å². The normalized spacial score (nSPS) is 16.5. The van der Waals surface area contributed by atoms with Gasteiger partial charge in [0.1, 0.15) is 0 Å². The lowest BCUT2D eigenvalue weighted by Crippen LogP contribution is -2.43. The Bertz CT molecular complexity index is 857. The van der Waals surface area contributed by atoms with Crippen LogP contribution in [0, 0.1) is 11.8 Å². The fourth-order valence-corrected chi connectivity index (χ4v) is 4.52. The highest BCUT2D eigenvalue weighted by Gasteiger charge is 2.19. The lowest BCUT2D eigenvalue weighted by atomic mass is 9.90. The SMILES string of the molecule is CN=C=O.NC(=O)NCN1CCC(Cc2ccccc2)CC1.c1ccc(CC2CCNCC2)cc1. The Hall–Kier alpha value is -2.99. The quantitative estimate of drug-likeness (QED) is 0.434. The molecular formula is C28H41N5O2. The Morgan fingerprint density at radius 3 is 1.83 bits per heavy atom. The van der Waals surface area contributed by atoms with E-state index < -0.39 is 6.03 Å². The van der Waals surface area contributed by atoms with Gasteiger partial charge >= 0.3 is 6.03 Å². The molecule has 0 spiro atoms. The first-order valence-corrected chi connectivity index (χ1v) is 12.6. The van der Waals surface area contributed by atoms with Gasteiger partial charge in [-0.15, -0.1) is 0 Å². The third-order valence-electron chi connectivity index (χ3n) is 6.47. The molecule has 0 unspecified atom stereocenters. The Balaban J connectivity index is 0.000000222. The number of amides is 2. The molecule has 2 heterocycles. The van der Waals surface area contributed by atoms with E-state index in [-0.39, 0.29) is 0 Å². The van der Waals surface area contributed by atoms with Crippen LogP contribution < -0.4 is 16.4 Å². The molecule has 0 aromatic heterocycles. The zero-order valence-electron chi connectivity index (χ0n) is 21.0. The van der Waals surface area contributed by atoms with Crippen molar-refractivity contribution in [2.75, 3.05) is 39.9 Å². The van der Waals surface area contributed by atoms with Gasteiger partial charge in [0.15, 0.2) is 0 Å². The fraction of sp³-hybridized carbons (Fsp3) is 0.500. The van der Waals surface area contributed by atoms with Gasteiger partial charge in [0.2, 0.25) is 6.08 Å². The monoisotopic (exact) mass is 479 g/mol. The second-order valence-electron chi connectivity index (χ2n) is 9.15. The summed E-state index contributed by atoms with van der Waals surface area (Å²) in [6.07, 6.45) is 8.80. The van der Waals surface area contributed by atoms with E-state index in [1.165, 1.54) is 69.4 Å². The molecule has 4 rings (SSSR count). The Morgan fingerprint density at radius 1 is 0.943 bits per heavy atom. The second kappa shape index (κ2) is 17.4. The molecule has 2 aromatic rings. The predicted molar refractivity (Wildman–Crippen MR) is 142 cm³/mol. The van der Waals surface area contributed by atoms with Gasteiger partial charge in [-0.25, -0.2) is 14.6 Å². The van der Waals surface area contributed by atoms with Gasteiger partial charge < -0.3 is 16.4 Å². The van der Waals surface area contributed by atoms with E-state index >= 15 is 0 Å². The topological polar surface area (TPSA) is 99.8 Å². The van der Waals surface area contributed by atoms with E-state index in [1.807, 2.05) is 0 Å². The first kappa shape index (κ1) is 28.2. The van der Waals surface area contributed by atoms with Crippen LogP contribution in [-0.2, 0) is 17.6 Å². The number of hydrogen-bond donors (Lipinski definition) is 3. The van der Waals surface area contributed by atoms with Crippen molar-refractivity contribution in [1.82, 2.24) is 15.5 Å². The zero-order valence-corrected chi connectivity index (χ0v) is 21.0. The van der Waals surface area contributed by atoms with Crippen LogP contribution >= 0.6 is 0 Å². The molecule has 2 amide bonds. The maximum Gasteiger partial charge on any atom is 0.313 e. The number of rotatable bonds is 6. The number of hydrogen-bond acceptors (Lipinski definition) is 5. The highest BCUT2D eigenvalue weighted by atomic mass is 16.2. The van der Waals surface area contributed by atoms with E-state index in [9.17, 15) is 4.79 Å². The third-order valence-corrected chi connectivity index (χ3v) is 6.47. The van der Waals surface area contributed by atoms with E-state index in [2.05, 4.69) is 81.2 Å². The molecule has 7 nitrogen and oxygen atoms in total. The zero-order chi connectivity index (χ0) is 25.1. The van der Waals surface area contributed by atoms with Crippen LogP contribution in [0.2, 0.25) is 0 Å². The molecule has 2 aromatic carbocycles. The summed E-state index contributed by atoms with van der Waals surface area (Å²) < 4.78 is 0. The molecule has 2 saturated heterocycles. The van der Waals surface area contributed by atoms with Crippen LogP contribution in [0.25, 0.3) is 0 Å². The first-order valence-electron chi connectivity index (χ1n) is 12.6. The molecule has 0 saturated carbocycles. The summed E-state index contributed by atoms with van der Waals surface area (Å²) in [4.78, 5) is 24.7. The lowest BCUT2D eigenvalue weighted by Gasteiger charge is -2.31. The minimum Gasteiger partial charge on any atom is -0.352 e. The first-order chi connectivity index (χ1) is 17.1. The van der Waals surface area contributed by atoms with Crippen molar-refractivity contribution < 1.29 is 9.59 Å². The van der Waals surface area contributed by atoms with Crippen molar-refractivity contribution in [3.63, 3.8) is 0 Å². The van der Waals surface area contributed by atoms with Gasteiger partial charge in [0.25, 0.3) is 0 Å². The molecule has 4 N–H and O–H groups in total. The van der Waals surface area contributed by atoms with Crippen LogP contribution in [0.5, 0.6) is 0 Å². The average Bonchev–Trinajstić information content (AvgIpc) is 2.90. The van der Waals surface area contributed by atoms with Crippen LogP contribution in [0.3, 0.4) is 0 Å². The molecule has 7 heteroatoms. The summed E-state index contributed by atoms with van der Waals surface area (Å²) in [5.74, 6) is 1.67. The average molecular weight is 480 g/mol. The van der Waals surface area contributed by atoms with Gasteiger partial charge in [-0.1, -0.05) is 60.7 Å². The molecule has 2 aliphatic heterocycles. The fourth-order valence-electron chi connectivity index (χ4n) is 4.52. The smallest absolute Gasteiger partial charge is 0.313 e. The van der Waals surface area contributed by atoms with Crippen molar-refractivity contribution in [2.45, 2.75) is 38.5 Å². The standard InChI is InChI=1S/C14H21N3O.C12H17N.C2H3NO/c15-14(18)16-11-17-8-6-13(7-9-17)10-12-4-2-1-3-5-12;1-2-4-11(5-3-1)10-12-6-8-13-9-7-12;1-3-2-4/h1-5,13H,6-11H2,(H3,15,16,18);1-5,12-13H,6-10H2;1H3. The van der Waals surface area contributed by atoms with Gasteiger partial charge in [-0.2, -0.15) is 0 Å². The van der Waals surface area contributed by atoms with Gasteiger partial charge in [-0.05, 0) is 74.6 Å². The van der Waals surface area contributed by atoms with E-state index in [1.54, 1.807) is 0 Å². The van der Waals surface area contributed by atoms with Crippen LogP contribution in [0.1, 0.15) is 36.8 Å². The highest BCUT2D eigenvalue weighted by Crippen LogP contribution is 2.21. The predicted octanol–water partition coefficient (Wildman–Crippen LogP) is 3.75. The maximum absolute atomic E-state index is 10.6. The summed E-state index contributed by atoms with van der Waals surface area (Å²) in [5.41, 5.74) is 7.98. The number of piperidine rings is 2. The Labute approximate surface area is 210 Å². The van der Waals surface area contributed by atoms with Crippen molar-refractivity contribution >= 4 is 12.1 Å². The highest BCUT2D eigenvalue weighted by molar-refractivity contribution is 5.71. The molecule has 2 fully saturated rings. The van der Waals surface area contributed by atoms with E-state index in [4.69, 9.17) is 10.5 Å². The number of carbonyl (C=O) groups is 1. The number of primary amides is 1. The molecule has 0 aliphatic carbocycles. The van der Waals surface area contributed by atoms with E-state index in [0.29, 0.717) is 6.67 Å². The van der Waals surface area contributed by atoms with Crippen LogP contribution in [-0.4, -0.2) is 56.9 Å². The molecule has 190 valence electrons. The molecule has 2 aliphatic rings. The van der Waals surface area contributed by atoms with Crippen molar-refractivity contribution in [1.29, 1.82) is 0 Å². The molecule has 0 atom stereocenters. The van der Waals surface area contributed by atoms with Crippen LogP contribution in [0.15, 0.2) is 65.7 Å². The Morgan fingerprint density at radius 2 is 1.40 bits per heavy atom. The number of likely N-dealkylation sites (tertiary alicyclic amines) is 1. The minimum absolute atomic E-state index is 0.443.